The predicted octanol–water partition coefficient (Wildman–Crippen LogP) is 2.89. The first-order valence-corrected chi connectivity index (χ1v) is 7.92. The van der Waals surface area contributed by atoms with Crippen molar-refractivity contribution in [2.45, 2.75) is 44.7 Å². The van der Waals surface area contributed by atoms with Gasteiger partial charge in [-0.25, -0.2) is 0 Å². The lowest BCUT2D eigenvalue weighted by Crippen LogP contribution is -2.39. The molecular formula is C16H23ClN2O2. The molecule has 21 heavy (non-hydrogen) atoms. The molecule has 1 aliphatic carbocycles. The Labute approximate surface area is 131 Å². The first-order chi connectivity index (χ1) is 10.2. The van der Waals surface area contributed by atoms with Gasteiger partial charge in [0.15, 0.2) is 6.61 Å². The highest BCUT2D eigenvalue weighted by atomic mass is 35.5. The van der Waals surface area contributed by atoms with Crippen molar-refractivity contribution in [2.75, 3.05) is 13.7 Å². The first-order valence-electron chi connectivity index (χ1n) is 7.54. The zero-order valence-corrected chi connectivity index (χ0v) is 13.2. The van der Waals surface area contributed by atoms with Crippen molar-refractivity contribution in [1.82, 2.24) is 10.6 Å². The number of amides is 1. The van der Waals surface area contributed by atoms with Crippen molar-refractivity contribution in [3.63, 3.8) is 0 Å². The summed E-state index contributed by atoms with van der Waals surface area (Å²) in [4.78, 5) is 11.9. The quantitative estimate of drug-likeness (QED) is 0.849. The molecular weight excluding hydrogens is 288 g/mol. The number of benzene rings is 1. The molecule has 0 atom stereocenters. The second-order valence-electron chi connectivity index (χ2n) is 5.47. The van der Waals surface area contributed by atoms with E-state index >= 15 is 0 Å². The lowest BCUT2D eigenvalue weighted by atomic mass is 9.95. The Kier molecular flexibility index (Phi) is 6.33. The third-order valence-electron chi connectivity index (χ3n) is 3.72. The molecule has 2 rings (SSSR count). The van der Waals surface area contributed by atoms with Gasteiger partial charge in [-0.05, 0) is 38.1 Å². The number of rotatable bonds is 6. The van der Waals surface area contributed by atoms with Gasteiger partial charge in [-0.3, -0.25) is 4.79 Å². The smallest absolute Gasteiger partial charge is 0.258 e. The van der Waals surface area contributed by atoms with Crippen molar-refractivity contribution in [2.24, 2.45) is 0 Å². The molecule has 1 fully saturated rings. The van der Waals surface area contributed by atoms with Crippen LogP contribution >= 0.6 is 11.6 Å². The fourth-order valence-electron chi connectivity index (χ4n) is 2.68. The van der Waals surface area contributed by atoms with E-state index in [9.17, 15) is 4.79 Å². The molecule has 5 heteroatoms. The molecule has 0 heterocycles. The van der Waals surface area contributed by atoms with E-state index < -0.39 is 0 Å². The van der Waals surface area contributed by atoms with Crippen LogP contribution in [0.5, 0.6) is 5.75 Å². The molecule has 0 aromatic heterocycles. The zero-order chi connectivity index (χ0) is 15.1. The van der Waals surface area contributed by atoms with Crippen LogP contribution in [0.3, 0.4) is 0 Å². The van der Waals surface area contributed by atoms with Gasteiger partial charge < -0.3 is 15.4 Å². The highest BCUT2D eigenvalue weighted by Crippen LogP contribution is 2.23. The van der Waals surface area contributed by atoms with Gasteiger partial charge in [0.25, 0.3) is 5.91 Å². The van der Waals surface area contributed by atoms with Crippen LogP contribution in [0.4, 0.5) is 0 Å². The molecule has 1 saturated carbocycles. The topological polar surface area (TPSA) is 50.4 Å². The van der Waals surface area contributed by atoms with E-state index in [-0.39, 0.29) is 12.5 Å². The molecule has 0 saturated heterocycles. The Balaban J connectivity index is 1.85. The Morgan fingerprint density at radius 3 is 2.81 bits per heavy atom. The largest absolute Gasteiger partial charge is 0.483 e. The van der Waals surface area contributed by atoms with Gasteiger partial charge in [-0.1, -0.05) is 30.9 Å². The molecule has 0 radical (unpaired) electrons. The van der Waals surface area contributed by atoms with E-state index in [1.54, 1.807) is 6.07 Å². The van der Waals surface area contributed by atoms with E-state index in [1.165, 1.54) is 19.3 Å². The molecule has 0 bridgehead atoms. The molecule has 1 aromatic rings. The van der Waals surface area contributed by atoms with Crippen LogP contribution in [-0.4, -0.2) is 25.6 Å². The summed E-state index contributed by atoms with van der Waals surface area (Å²) in [6.07, 6.45) is 5.85. The average molecular weight is 311 g/mol. The normalized spacial score (nSPS) is 15.7. The van der Waals surface area contributed by atoms with E-state index in [0.717, 1.165) is 18.4 Å². The number of hydrogen-bond donors (Lipinski definition) is 2. The molecule has 2 N–H and O–H groups in total. The number of hydrogen-bond acceptors (Lipinski definition) is 3. The monoisotopic (exact) mass is 310 g/mol. The van der Waals surface area contributed by atoms with Gasteiger partial charge in [-0.2, -0.15) is 0 Å². The van der Waals surface area contributed by atoms with Crippen molar-refractivity contribution < 1.29 is 9.53 Å². The van der Waals surface area contributed by atoms with Crippen molar-refractivity contribution in [3.05, 3.63) is 28.8 Å². The minimum atomic E-state index is -0.0488. The minimum Gasteiger partial charge on any atom is -0.483 e. The molecule has 4 nitrogen and oxygen atoms in total. The summed E-state index contributed by atoms with van der Waals surface area (Å²) in [5.74, 6) is 0.653. The molecule has 116 valence electrons. The number of carbonyl (C=O) groups is 1. The standard InChI is InChI=1S/C16H23ClN2O2/c1-18-10-12-9-13(17)7-8-15(12)21-11-16(20)19-14-5-3-2-4-6-14/h7-9,14,18H,2-6,10-11H2,1H3,(H,19,20). The number of nitrogens with one attached hydrogen (secondary N) is 2. The number of carbonyl (C=O) groups excluding carboxylic acids is 1. The van der Waals surface area contributed by atoms with Crippen LogP contribution < -0.4 is 15.4 Å². The van der Waals surface area contributed by atoms with Crippen molar-refractivity contribution >= 4 is 17.5 Å². The van der Waals surface area contributed by atoms with Crippen molar-refractivity contribution in [1.29, 1.82) is 0 Å². The third-order valence-corrected chi connectivity index (χ3v) is 3.95. The fraction of sp³-hybridized carbons (Fsp3) is 0.562. The Morgan fingerprint density at radius 2 is 2.10 bits per heavy atom. The third kappa shape index (κ3) is 5.21. The second kappa shape index (κ2) is 8.25. The summed E-state index contributed by atoms with van der Waals surface area (Å²) in [5.41, 5.74) is 0.954. The van der Waals surface area contributed by atoms with Gasteiger partial charge in [0, 0.05) is 23.2 Å². The van der Waals surface area contributed by atoms with E-state index in [0.29, 0.717) is 23.4 Å². The van der Waals surface area contributed by atoms with Crippen LogP contribution in [0.15, 0.2) is 18.2 Å². The second-order valence-corrected chi connectivity index (χ2v) is 5.91. The van der Waals surface area contributed by atoms with Crippen LogP contribution in [0, 0.1) is 0 Å². The highest BCUT2D eigenvalue weighted by molar-refractivity contribution is 6.30. The SMILES string of the molecule is CNCc1cc(Cl)ccc1OCC(=O)NC1CCCCC1. The molecule has 0 aliphatic heterocycles. The van der Waals surface area contributed by atoms with Crippen LogP contribution in [0.25, 0.3) is 0 Å². The Morgan fingerprint density at radius 1 is 1.33 bits per heavy atom. The predicted molar refractivity (Wildman–Crippen MR) is 84.7 cm³/mol. The summed E-state index contributed by atoms with van der Waals surface area (Å²) in [5, 5.41) is 6.78. The van der Waals surface area contributed by atoms with Crippen LogP contribution in [0.1, 0.15) is 37.7 Å². The van der Waals surface area contributed by atoms with Crippen LogP contribution in [-0.2, 0) is 11.3 Å². The zero-order valence-electron chi connectivity index (χ0n) is 12.5. The van der Waals surface area contributed by atoms with Crippen LogP contribution in [0.2, 0.25) is 5.02 Å². The summed E-state index contributed by atoms with van der Waals surface area (Å²) in [7, 11) is 1.86. The maximum Gasteiger partial charge on any atom is 0.258 e. The van der Waals surface area contributed by atoms with Gasteiger partial charge >= 0.3 is 0 Å². The molecule has 1 aliphatic rings. The fourth-order valence-corrected chi connectivity index (χ4v) is 2.87. The summed E-state index contributed by atoms with van der Waals surface area (Å²) in [6.45, 7) is 0.703. The summed E-state index contributed by atoms with van der Waals surface area (Å²) >= 11 is 5.98. The van der Waals surface area contributed by atoms with Gasteiger partial charge in [0.05, 0.1) is 0 Å². The van der Waals surface area contributed by atoms with Crippen molar-refractivity contribution in [3.8, 4) is 5.75 Å². The highest BCUT2D eigenvalue weighted by Gasteiger charge is 2.16. The molecule has 1 aromatic carbocycles. The number of halogens is 1. The number of ether oxygens (including phenoxy) is 1. The van der Waals surface area contributed by atoms with E-state index in [4.69, 9.17) is 16.3 Å². The molecule has 0 spiro atoms. The minimum absolute atomic E-state index is 0.0488. The Hall–Kier alpha value is -1.26. The van der Waals surface area contributed by atoms with Gasteiger partial charge in [-0.15, -0.1) is 0 Å². The average Bonchev–Trinajstić information content (AvgIpc) is 2.48. The lowest BCUT2D eigenvalue weighted by molar-refractivity contribution is -0.124. The Bertz CT molecular complexity index is 473. The summed E-state index contributed by atoms with van der Waals surface area (Å²) < 4.78 is 5.64. The summed E-state index contributed by atoms with van der Waals surface area (Å²) in [6, 6.07) is 5.75. The van der Waals surface area contributed by atoms with Gasteiger partial charge in [0.1, 0.15) is 5.75 Å². The first kappa shape index (κ1) is 16.1. The molecule has 1 amide bonds. The maximum atomic E-state index is 11.9. The molecule has 0 unspecified atom stereocenters. The van der Waals surface area contributed by atoms with Gasteiger partial charge in [0.2, 0.25) is 0 Å². The van der Waals surface area contributed by atoms with E-state index in [1.807, 2.05) is 19.2 Å². The van der Waals surface area contributed by atoms with E-state index in [2.05, 4.69) is 10.6 Å². The lowest BCUT2D eigenvalue weighted by Gasteiger charge is -2.22. The maximum absolute atomic E-state index is 11.9.